The molecule has 1 heterocycles. The summed E-state index contributed by atoms with van der Waals surface area (Å²) in [5.41, 5.74) is 0.826. The van der Waals surface area contributed by atoms with E-state index in [4.69, 9.17) is 27.9 Å². The lowest BCUT2D eigenvalue weighted by atomic mass is 9.93. The van der Waals surface area contributed by atoms with Crippen LogP contribution in [-0.4, -0.2) is 29.0 Å². The second-order valence-electron chi connectivity index (χ2n) is 5.93. The molecule has 0 amide bonds. The van der Waals surface area contributed by atoms with Crippen molar-refractivity contribution < 1.29 is 4.74 Å². The Hall–Kier alpha value is -1.56. The molecule has 2 aromatic rings. The maximum absolute atomic E-state index is 12.5. The highest BCUT2D eigenvalue weighted by Crippen LogP contribution is 2.26. The fourth-order valence-electron chi connectivity index (χ4n) is 3.01. The van der Waals surface area contributed by atoms with E-state index in [2.05, 4.69) is 10.4 Å². The molecule has 1 N–H and O–H groups in total. The van der Waals surface area contributed by atoms with E-state index in [1.54, 1.807) is 37.6 Å². The van der Waals surface area contributed by atoms with Crippen LogP contribution in [0.15, 0.2) is 35.3 Å². The molecule has 7 heteroatoms. The van der Waals surface area contributed by atoms with Crippen LogP contribution < -0.4 is 10.9 Å². The second-order valence-corrected chi connectivity index (χ2v) is 6.75. The van der Waals surface area contributed by atoms with Crippen molar-refractivity contribution in [1.29, 1.82) is 0 Å². The number of benzene rings is 1. The molecule has 1 aliphatic rings. The summed E-state index contributed by atoms with van der Waals surface area (Å²) in [6.45, 7) is 0. The highest BCUT2D eigenvalue weighted by atomic mass is 35.5. The van der Waals surface area contributed by atoms with Crippen LogP contribution in [0.3, 0.4) is 0 Å². The molecule has 0 aliphatic heterocycles. The molecule has 0 saturated heterocycles. The van der Waals surface area contributed by atoms with Crippen molar-refractivity contribution in [2.75, 3.05) is 12.4 Å². The van der Waals surface area contributed by atoms with Gasteiger partial charge in [-0.15, -0.1) is 0 Å². The van der Waals surface area contributed by atoms with Crippen LogP contribution in [0, 0.1) is 0 Å². The Balaban J connectivity index is 1.82. The van der Waals surface area contributed by atoms with Gasteiger partial charge >= 0.3 is 0 Å². The minimum atomic E-state index is -0.358. The van der Waals surface area contributed by atoms with Gasteiger partial charge in [-0.3, -0.25) is 4.79 Å². The Kier molecular flexibility index (Phi) is 5.43. The van der Waals surface area contributed by atoms with Gasteiger partial charge in [0.2, 0.25) is 0 Å². The van der Waals surface area contributed by atoms with Crippen molar-refractivity contribution >= 4 is 28.9 Å². The molecule has 2 atom stereocenters. The van der Waals surface area contributed by atoms with Crippen molar-refractivity contribution in [3.05, 3.63) is 50.9 Å². The van der Waals surface area contributed by atoms with E-state index in [9.17, 15) is 4.79 Å². The monoisotopic (exact) mass is 367 g/mol. The van der Waals surface area contributed by atoms with Crippen molar-refractivity contribution in [2.45, 2.75) is 37.8 Å². The third-order valence-electron chi connectivity index (χ3n) is 4.31. The van der Waals surface area contributed by atoms with E-state index in [0.29, 0.717) is 16.4 Å². The number of methoxy groups -OCH3 is 1. The zero-order chi connectivity index (χ0) is 17.1. The summed E-state index contributed by atoms with van der Waals surface area (Å²) in [6.07, 6.45) is 5.91. The van der Waals surface area contributed by atoms with Gasteiger partial charge in [0.15, 0.2) is 0 Å². The van der Waals surface area contributed by atoms with Gasteiger partial charge in [0.1, 0.15) is 5.02 Å². The average molecular weight is 368 g/mol. The number of aromatic nitrogens is 2. The summed E-state index contributed by atoms with van der Waals surface area (Å²) in [7, 11) is 1.73. The third-order valence-corrected chi connectivity index (χ3v) is 4.93. The highest BCUT2D eigenvalue weighted by molar-refractivity contribution is 6.33. The SMILES string of the molecule is COC1CCCC(Nc2cnn(-c3ccc(Cl)cc3)c(=O)c2Cl)C1. The molecule has 0 radical (unpaired) electrons. The quantitative estimate of drug-likeness (QED) is 0.889. The first-order valence-electron chi connectivity index (χ1n) is 7.91. The third kappa shape index (κ3) is 3.74. The molecule has 3 rings (SSSR count). The maximum atomic E-state index is 12.5. The molecule has 24 heavy (non-hydrogen) atoms. The van der Waals surface area contributed by atoms with Gasteiger partial charge in [-0.2, -0.15) is 9.78 Å². The lowest BCUT2D eigenvalue weighted by molar-refractivity contribution is 0.0669. The Bertz CT molecular complexity index is 761. The van der Waals surface area contributed by atoms with Crippen LogP contribution in [0.1, 0.15) is 25.7 Å². The van der Waals surface area contributed by atoms with Crippen LogP contribution in [-0.2, 0) is 4.74 Å². The molecule has 128 valence electrons. The summed E-state index contributed by atoms with van der Waals surface area (Å²) >= 11 is 12.1. The average Bonchev–Trinajstić information content (AvgIpc) is 2.60. The Morgan fingerprint density at radius 1 is 1.25 bits per heavy atom. The predicted molar refractivity (Wildman–Crippen MR) is 96.5 cm³/mol. The van der Waals surface area contributed by atoms with E-state index >= 15 is 0 Å². The maximum Gasteiger partial charge on any atom is 0.292 e. The number of ether oxygens (including phenoxy) is 1. The minimum Gasteiger partial charge on any atom is -0.381 e. The molecule has 1 fully saturated rings. The highest BCUT2D eigenvalue weighted by Gasteiger charge is 2.23. The summed E-state index contributed by atoms with van der Waals surface area (Å²) in [6, 6.07) is 7.10. The number of halogens is 2. The second kappa shape index (κ2) is 7.55. The number of rotatable bonds is 4. The van der Waals surface area contributed by atoms with E-state index in [0.717, 1.165) is 25.7 Å². The zero-order valence-corrected chi connectivity index (χ0v) is 14.8. The van der Waals surface area contributed by atoms with Crippen LogP contribution in [0.25, 0.3) is 5.69 Å². The summed E-state index contributed by atoms with van der Waals surface area (Å²) in [5.74, 6) is 0. The Morgan fingerprint density at radius 2 is 2.00 bits per heavy atom. The van der Waals surface area contributed by atoms with Gasteiger partial charge in [0.05, 0.1) is 23.7 Å². The molecule has 1 saturated carbocycles. The molecular formula is C17H19Cl2N3O2. The molecule has 1 aromatic carbocycles. The largest absolute Gasteiger partial charge is 0.381 e. The van der Waals surface area contributed by atoms with Gasteiger partial charge < -0.3 is 10.1 Å². The fourth-order valence-corrected chi connectivity index (χ4v) is 3.32. The predicted octanol–water partition coefficient (Wildman–Crippen LogP) is 3.91. The molecular weight excluding hydrogens is 349 g/mol. The zero-order valence-electron chi connectivity index (χ0n) is 13.3. The van der Waals surface area contributed by atoms with Crippen LogP contribution >= 0.6 is 23.2 Å². The smallest absolute Gasteiger partial charge is 0.292 e. The molecule has 1 aromatic heterocycles. The topological polar surface area (TPSA) is 56.1 Å². The number of nitrogens with zero attached hydrogens (tertiary/aromatic N) is 2. The first kappa shape index (κ1) is 17.3. The number of anilines is 1. The lowest BCUT2D eigenvalue weighted by Gasteiger charge is -2.29. The van der Waals surface area contributed by atoms with Crippen LogP contribution in [0.5, 0.6) is 0 Å². The summed E-state index contributed by atoms with van der Waals surface area (Å²) in [4.78, 5) is 12.5. The number of hydrogen-bond donors (Lipinski definition) is 1. The lowest BCUT2D eigenvalue weighted by Crippen LogP contribution is -2.32. The van der Waals surface area contributed by atoms with Gasteiger partial charge in [0.25, 0.3) is 5.56 Å². The van der Waals surface area contributed by atoms with Crippen molar-refractivity contribution in [3.8, 4) is 5.69 Å². The van der Waals surface area contributed by atoms with Crippen molar-refractivity contribution in [1.82, 2.24) is 9.78 Å². The minimum absolute atomic E-state index is 0.138. The van der Waals surface area contributed by atoms with Gasteiger partial charge in [-0.1, -0.05) is 23.2 Å². The first-order chi connectivity index (χ1) is 11.6. The summed E-state index contributed by atoms with van der Waals surface area (Å²) in [5, 5.41) is 8.30. The van der Waals surface area contributed by atoms with Crippen LogP contribution in [0.2, 0.25) is 10.0 Å². The van der Waals surface area contributed by atoms with E-state index in [1.165, 1.54) is 4.68 Å². The Morgan fingerprint density at radius 3 is 2.71 bits per heavy atom. The number of hydrogen-bond acceptors (Lipinski definition) is 4. The normalized spacial score (nSPS) is 20.8. The first-order valence-corrected chi connectivity index (χ1v) is 8.67. The number of nitrogens with one attached hydrogen (secondary N) is 1. The molecule has 0 bridgehead atoms. The molecule has 2 unspecified atom stereocenters. The van der Waals surface area contributed by atoms with E-state index in [1.807, 2.05) is 0 Å². The van der Waals surface area contributed by atoms with Crippen molar-refractivity contribution in [2.24, 2.45) is 0 Å². The van der Waals surface area contributed by atoms with E-state index < -0.39 is 0 Å². The van der Waals surface area contributed by atoms with Crippen LogP contribution in [0.4, 0.5) is 5.69 Å². The molecule has 0 spiro atoms. The molecule has 5 nitrogen and oxygen atoms in total. The standard InChI is InChI=1S/C17H19Cl2N3O2/c1-24-14-4-2-3-12(9-14)21-15-10-20-22(17(23)16(15)19)13-7-5-11(18)6-8-13/h5-8,10,12,14,21H,2-4,9H2,1H3. The van der Waals surface area contributed by atoms with Gasteiger partial charge in [0, 0.05) is 18.2 Å². The molecule has 1 aliphatic carbocycles. The van der Waals surface area contributed by atoms with Gasteiger partial charge in [-0.05, 0) is 49.9 Å². The van der Waals surface area contributed by atoms with E-state index in [-0.39, 0.29) is 22.7 Å². The fraction of sp³-hybridized carbons (Fsp3) is 0.412. The van der Waals surface area contributed by atoms with Gasteiger partial charge in [-0.25, -0.2) is 0 Å². The summed E-state index contributed by atoms with van der Waals surface area (Å²) < 4.78 is 6.70. The Labute approximate surface area is 150 Å². The van der Waals surface area contributed by atoms with Crippen molar-refractivity contribution in [3.63, 3.8) is 0 Å².